The number of β-lactam (4-membered cyclic amide) rings is 1. The molecule has 2 aliphatic rings. The van der Waals surface area contributed by atoms with E-state index in [9.17, 15) is 24.3 Å². The molecule has 202 valence electrons. The molecule has 2 atom stereocenters. The van der Waals surface area contributed by atoms with E-state index in [2.05, 4.69) is 36.1 Å². The molecule has 3 aromatic rings. The average Bonchev–Trinajstić information content (AvgIpc) is 3.72. The van der Waals surface area contributed by atoms with Gasteiger partial charge in [0.05, 0.1) is 0 Å². The van der Waals surface area contributed by atoms with E-state index in [4.69, 9.17) is 9.36 Å². The molecule has 0 bridgehead atoms. The predicted octanol–water partition coefficient (Wildman–Crippen LogP) is 1.00. The van der Waals surface area contributed by atoms with Crippen molar-refractivity contribution in [1.82, 2.24) is 30.6 Å². The van der Waals surface area contributed by atoms with Crippen molar-refractivity contribution in [3.63, 3.8) is 0 Å². The number of aromatic nitrogens is 4. The number of carbonyl (C=O) groups is 4. The Morgan fingerprint density at radius 2 is 2.26 bits per heavy atom. The molecule has 19 heteroatoms. The fourth-order valence-corrected chi connectivity index (χ4v) is 7.19. The van der Waals surface area contributed by atoms with Gasteiger partial charge >= 0.3 is 5.97 Å². The summed E-state index contributed by atoms with van der Waals surface area (Å²) in [7, 11) is 0. The molecule has 1 unspecified atom stereocenters. The number of carbonyl (C=O) groups excluding carboxylic acids is 3. The van der Waals surface area contributed by atoms with E-state index >= 15 is 0 Å². The zero-order valence-electron chi connectivity index (χ0n) is 19.4. The number of nitrogens with one attached hydrogen (secondary N) is 2. The van der Waals surface area contributed by atoms with E-state index in [-0.39, 0.29) is 28.8 Å². The smallest absolute Gasteiger partial charge is 0.352 e. The number of hydrogen-bond donors (Lipinski definition) is 3. The van der Waals surface area contributed by atoms with Crippen LogP contribution >= 0.6 is 46.2 Å². The lowest BCUT2D eigenvalue weighted by molar-refractivity contribution is -0.150. The lowest BCUT2D eigenvalue weighted by Crippen LogP contribution is -2.71. The summed E-state index contributed by atoms with van der Waals surface area (Å²) >= 11 is 5.07. The number of aliphatic carboxylic acids is 1. The van der Waals surface area contributed by atoms with Gasteiger partial charge in [0.15, 0.2) is 21.8 Å². The third-order valence-electron chi connectivity index (χ3n) is 5.25. The standard InChI is InChI=1S/C20H16N8O7S4/c29-7-21-19-23-11(6-37-19)12(27-35-3-10-1-2-34-26-10)15(30)24-13-16(31)28-14(18(32)33)9(4-36-17(13)28)5-38-20-25-22-8-39-20/h1-2,6-8,13,17H,3-5H2,(H,24,30)(H,32,33)(H,21,23,29)/t13?,17-/m0/s1. The van der Waals surface area contributed by atoms with Crippen LogP contribution in [0.25, 0.3) is 0 Å². The number of hydrogen-bond acceptors (Lipinski definition) is 15. The first-order valence-corrected chi connectivity index (χ1v) is 14.6. The molecule has 39 heavy (non-hydrogen) atoms. The minimum atomic E-state index is -1.23. The number of fused-ring (bicyclic) bond motifs is 1. The number of amides is 3. The van der Waals surface area contributed by atoms with E-state index in [1.165, 1.54) is 51.4 Å². The Morgan fingerprint density at radius 3 is 2.97 bits per heavy atom. The number of oxime groups is 1. The summed E-state index contributed by atoms with van der Waals surface area (Å²) in [6.07, 6.45) is 1.79. The summed E-state index contributed by atoms with van der Waals surface area (Å²) in [5.41, 5.74) is 2.34. The summed E-state index contributed by atoms with van der Waals surface area (Å²) in [5, 5.41) is 31.2. The van der Waals surface area contributed by atoms with Crippen LogP contribution in [0, 0.1) is 0 Å². The van der Waals surface area contributed by atoms with Crippen LogP contribution in [-0.2, 0) is 30.6 Å². The molecule has 0 spiro atoms. The number of carboxylic acids is 1. The molecule has 2 aliphatic heterocycles. The van der Waals surface area contributed by atoms with E-state index in [1.54, 1.807) is 11.6 Å². The fraction of sp³-hybridized carbons (Fsp3) is 0.250. The van der Waals surface area contributed by atoms with E-state index in [1.807, 2.05) is 0 Å². The number of thiazole rings is 1. The van der Waals surface area contributed by atoms with E-state index < -0.39 is 29.2 Å². The second-order valence-electron chi connectivity index (χ2n) is 7.62. The maximum atomic E-state index is 13.2. The van der Waals surface area contributed by atoms with Crippen molar-refractivity contribution in [2.24, 2.45) is 5.16 Å². The number of rotatable bonds is 12. The van der Waals surface area contributed by atoms with Crippen LogP contribution in [0.15, 0.2) is 48.5 Å². The van der Waals surface area contributed by atoms with Crippen LogP contribution < -0.4 is 10.6 Å². The minimum absolute atomic E-state index is 0.0971. The predicted molar refractivity (Wildman–Crippen MR) is 140 cm³/mol. The van der Waals surface area contributed by atoms with Crippen molar-refractivity contribution in [2.45, 2.75) is 22.4 Å². The summed E-state index contributed by atoms with van der Waals surface area (Å²) in [4.78, 5) is 59.7. The Hall–Kier alpha value is -3.81. The Morgan fingerprint density at radius 1 is 1.38 bits per heavy atom. The molecule has 3 N–H and O–H groups in total. The second-order valence-corrected chi connectivity index (χ2v) is 11.6. The Kier molecular flexibility index (Phi) is 8.19. The molecule has 1 saturated heterocycles. The highest BCUT2D eigenvalue weighted by Crippen LogP contribution is 2.41. The summed E-state index contributed by atoms with van der Waals surface area (Å²) in [6.45, 7) is -0.101. The van der Waals surface area contributed by atoms with Gasteiger partial charge in [-0.25, -0.2) is 9.78 Å². The SMILES string of the molecule is O=CNc1nc(C(=NOCc2ccon2)C(=O)NC2C(=O)N3C(C(=O)O)=C(CSc4nncs4)CS[C@@H]23)cs1. The first-order chi connectivity index (χ1) is 19.0. The molecule has 3 aromatic heterocycles. The van der Waals surface area contributed by atoms with E-state index in [0.717, 1.165) is 11.3 Å². The first-order valence-electron chi connectivity index (χ1n) is 10.8. The van der Waals surface area contributed by atoms with Crippen LogP contribution in [0.1, 0.15) is 11.4 Å². The topological polar surface area (TPSA) is 202 Å². The van der Waals surface area contributed by atoms with Crippen LogP contribution in [0.5, 0.6) is 0 Å². The monoisotopic (exact) mass is 608 g/mol. The normalized spacial score (nSPS) is 18.8. The number of nitrogens with zero attached hydrogens (tertiary/aromatic N) is 6. The van der Waals surface area contributed by atoms with Crippen LogP contribution in [0.3, 0.4) is 0 Å². The molecule has 3 amide bonds. The Balaban J connectivity index is 1.31. The zero-order chi connectivity index (χ0) is 27.4. The largest absolute Gasteiger partial charge is 0.477 e. The van der Waals surface area contributed by atoms with Gasteiger partial charge in [-0.1, -0.05) is 33.4 Å². The average molecular weight is 609 g/mol. The summed E-state index contributed by atoms with van der Waals surface area (Å²) < 4.78 is 5.42. The molecular formula is C20H16N8O7S4. The molecule has 0 saturated carbocycles. The van der Waals surface area contributed by atoms with Crippen molar-refractivity contribution in [1.29, 1.82) is 0 Å². The van der Waals surface area contributed by atoms with Crippen molar-refractivity contribution < 1.29 is 33.6 Å². The van der Waals surface area contributed by atoms with Gasteiger partial charge in [-0.3, -0.25) is 19.3 Å². The van der Waals surface area contributed by atoms with Crippen molar-refractivity contribution >= 4 is 81.2 Å². The van der Waals surface area contributed by atoms with Crippen LogP contribution in [0.4, 0.5) is 5.13 Å². The lowest BCUT2D eigenvalue weighted by atomic mass is 10.0. The van der Waals surface area contributed by atoms with Gasteiger partial charge in [-0.15, -0.1) is 33.3 Å². The van der Waals surface area contributed by atoms with E-state index in [0.29, 0.717) is 33.5 Å². The fourth-order valence-electron chi connectivity index (χ4n) is 3.56. The molecule has 5 rings (SSSR count). The highest BCUT2D eigenvalue weighted by molar-refractivity contribution is 8.01. The molecular weight excluding hydrogens is 593 g/mol. The molecule has 15 nitrogen and oxygen atoms in total. The molecule has 1 fully saturated rings. The lowest BCUT2D eigenvalue weighted by Gasteiger charge is -2.49. The minimum Gasteiger partial charge on any atom is -0.477 e. The third kappa shape index (κ3) is 5.79. The van der Waals surface area contributed by atoms with Crippen molar-refractivity contribution in [3.8, 4) is 0 Å². The highest BCUT2D eigenvalue weighted by atomic mass is 32.2. The molecule has 0 radical (unpaired) electrons. The van der Waals surface area contributed by atoms with Gasteiger partial charge in [0.25, 0.3) is 11.8 Å². The van der Waals surface area contributed by atoms with Gasteiger partial charge in [-0.05, 0) is 5.57 Å². The maximum absolute atomic E-state index is 13.2. The zero-order valence-corrected chi connectivity index (χ0v) is 22.6. The van der Waals surface area contributed by atoms with Gasteiger partial charge in [0.1, 0.15) is 40.3 Å². The second kappa shape index (κ2) is 11.9. The number of carboxylic acid groups (broad SMARTS) is 1. The Labute approximate surface area is 235 Å². The quantitative estimate of drug-likeness (QED) is 0.0865. The number of thioether (sulfide) groups is 2. The molecule has 0 aliphatic carbocycles. The molecule has 5 heterocycles. The number of anilines is 1. The van der Waals surface area contributed by atoms with Crippen molar-refractivity contribution in [3.05, 3.63) is 45.9 Å². The third-order valence-corrected chi connectivity index (χ3v) is 9.31. The summed E-state index contributed by atoms with van der Waals surface area (Å²) in [6, 6.07) is 0.557. The maximum Gasteiger partial charge on any atom is 0.352 e. The Bertz CT molecular complexity index is 1440. The van der Waals surface area contributed by atoms with Gasteiger partial charge in [-0.2, -0.15) is 0 Å². The first kappa shape index (κ1) is 26.8. The molecule has 0 aromatic carbocycles. The van der Waals surface area contributed by atoms with Gasteiger partial charge in [0.2, 0.25) is 6.41 Å². The van der Waals surface area contributed by atoms with Gasteiger partial charge < -0.3 is 25.1 Å². The van der Waals surface area contributed by atoms with Crippen molar-refractivity contribution in [2.75, 3.05) is 16.8 Å². The van der Waals surface area contributed by atoms with Crippen LogP contribution in [-0.4, -0.2) is 83.2 Å². The van der Waals surface area contributed by atoms with Crippen LogP contribution in [0.2, 0.25) is 0 Å². The van der Waals surface area contributed by atoms with Gasteiger partial charge in [0, 0.05) is 23.0 Å². The highest BCUT2D eigenvalue weighted by Gasteiger charge is 2.54. The summed E-state index contributed by atoms with van der Waals surface area (Å²) in [5.74, 6) is -1.88.